The van der Waals surface area contributed by atoms with Crippen molar-refractivity contribution in [1.29, 1.82) is 5.26 Å². The van der Waals surface area contributed by atoms with Crippen LogP contribution in [0.2, 0.25) is 0 Å². The minimum absolute atomic E-state index is 0.00173. The van der Waals surface area contributed by atoms with Gasteiger partial charge in [-0.05, 0) is 30.7 Å². The molecule has 0 fully saturated rings. The number of aryl methyl sites for hydroxylation is 1. The molecular weight excluding hydrogens is 304 g/mol. The summed E-state index contributed by atoms with van der Waals surface area (Å²) in [4.78, 5) is 24.3. The predicted molar refractivity (Wildman–Crippen MR) is 90.1 cm³/mol. The minimum Gasteiger partial charge on any atom is -0.443 e. The van der Waals surface area contributed by atoms with E-state index in [4.69, 9.17) is 4.42 Å². The summed E-state index contributed by atoms with van der Waals surface area (Å²) in [7, 11) is 0. The lowest BCUT2D eigenvalue weighted by Crippen LogP contribution is -2.13. The number of nitrogens with zero attached hydrogens (tertiary/aromatic N) is 1. The Morgan fingerprint density at radius 2 is 1.83 bits per heavy atom. The van der Waals surface area contributed by atoms with Crippen LogP contribution in [0.5, 0.6) is 0 Å². The fourth-order valence-corrected chi connectivity index (χ4v) is 2.76. The summed E-state index contributed by atoms with van der Waals surface area (Å²) in [6.45, 7) is 2.94. The molecule has 0 radical (unpaired) electrons. The van der Waals surface area contributed by atoms with Crippen molar-refractivity contribution in [1.82, 2.24) is 0 Å². The number of carbonyl (C=O) groups is 2. The Morgan fingerprint density at radius 1 is 1.12 bits per heavy atom. The zero-order valence-electron chi connectivity index (χ0n) is 13.2. The van der Waals surface area contributed by atoms with Gasteiger partial charge in [0.1, 0.15) is 17.4 Å². The smallest absolute Gasteiger partial charge is 0.258 e. The van der Waals surface area contributed by atoms with Gasteiger partial charge in [-0.3, -0.25) is 14.9 Å². The molecule has 3 rings (SSSR count). The van der Waals surface area contributed by atoms with Gasteiger partial charge in [0.2, 0.25) is 5.88 Å². The number of amides is 1. The number of carbonyl (C=O) groups excluding carboxylic acids is 2. The summed E-state index contributed by atoms with van der Waals surface area (Å²) in [5.74, 6) is -0.365. The number of nitriles is 1. The van der Waals surface area contributed by atoms with E-state index < -0.39 is 5.91 Å². The molecule has 3 aromatic rings. The molecular formula is C19H14N2O3. The first kappa shape index (κ1) is 15.5. The van der Waals surface area contributed by atoms with Gasteiger partial charge in [-0.25, -0.2) is 0 Å². The third-order valence-electron chi connectivity index (χ3n) is 3.81. The zero-order chi connectivity index (χ0) is 17.3. The molecule has 1 N–H and O–H groups in total. The van der Waals surface area contributed by atoms with E-state index in [1.165, 1.54) is 6.92 Å². The predicted octanol–water partition coefficient (Wildman–Crippen LogP) is 4.07. The number of hydrogen-bond donors (Lipinski definition) is 1. The van der Waals surface area contributed by atoms with Gasteiger partial charge in [0.05, 0.1) is 5.56 Å². The second-order valence-electron chi connectivity index (χ2n) is 5.39. The highest BCUT2D eigenvalue weighted by Crippen LogP contribution is 2.28. The molecule has 0 saturated carbocycles. The molecule has 5 heteroatoms. The van der Waals surface area contributed by atoms with Crippen molar-refractivity contribution < 1.29 is 14.0 Å². The van der Waals surface area contributed by atoms with E-state index in [0.717, 1.165) is 10.8 Å². The number of benzene rings is 2. The largest absolute Gasteiger partial charge is 0.443 e. The molecule has 0 unspecified atom stereocenters. The Bertz CT molecular complexity index is 1000. The number of nitrogens with one attached hydrogen (secondary N) is 1. The van der Waals surface area contributed by atoms with E-state index in [-0.39, 0.29) is 22.8 Å². The number of hydrogen-bond acceptors (Lipinski definition) is 4. The number of Topliss-reactive ketones (excluding diaryl/α,β-unsaturated/α-hetero) is 1. The molecule has 0 aliphatic heterocycles. The average Bonchev–Trinajstić information content (AvgIpc) is 2.89. The fraction of sp³-hybridized carbons (Fsp3) is 0.105. The van der Waals surface area contributed by atoms with Gasteiger partial charge in [-0.2, -0.15) is 5.26 Å². The molecule has 0 saturated heterocycles. The summed E-state index contributed by atoms with van der Waals surface area (Å²) < 4.78 is 5.43. The van der Waals surface area contributed by atoms with Gasteiger partial charge in [0, 0.05) is 5.56 Å². The van der Waals surface area contributed by atoms with E-state index in [1.807, 2.05) is 36.4 Å². The second-order valence-corrected chi connectivity index (χ2v) is 5.39. The molecule has 24 heavy (non-hydrogen) atoms. The lowest BCUT2D eigenvalue weighted by molar-refractivity contribution is 0.101. The summed E-state index contributed by atoms with van der Waals surface area (Å²) >= 11 is 0. The maximum absolute atomic E-state index is 12.6. The quantitative estimate of drug-likeness (QED) is 0.738. The van der Waals surface area contributed by atoms with Crippen LogP contribution in [0.4, 0.5) is 5.88 Å². The van der Waals surface area contributed by atoms with Crippen LogP contribution >= 0.6 is 0 Å². The van der Waals surface area contributed by atoms with Crippen LogP contribution in [0.25, 0.3) is 10.8 Å². The number of furan rings is 1. The number of anilines is 1. The summed E-state index contributed by atoms with van der Waals surface area (Å²) in [6, 6.07) is 14.8. The molecule has 0 bridgehead atoms. The maximum atomic E-state index is 12.6. The number of fused-ring (bicyclic) bond motifs is 1. The zero-order valence-corrected chi connectivity index (χ0v) is 13.2. The molecule has 2 aromatic carbocycles. The van der Waals surface area contributed by atoms with Gasteiger partial charge >= 0.3 is 0 Å². The van der Waals surface area contributed by atoms with Crippen LogP contribution in [0.15, 0.2) is 46.9 Å². The van der Waals surface area contributed by atoms with Crippen LogP contribution in [0.1, 0.15) is 39.0 Å². The third-order valence-corrected chi connectivity index (χ3v) is 3.81. The summed E-state index contributed by atoms with van der Waals surface area (Å²) in [5.41, 5.74) is 0.717. The van der Waals surface area contributed by atoms with Crippen LogP contribution in [0, 0.1) is 18.3 Å². The van der Waals surface area contributed by atoms with Crippen molar-refractivity contribution in [2.75, 3.05) is 5.32 Å². The van der Waals surface area contributed by atoms with Crippen LogP contribution in [0.3, 0.4) is 0 Å². The van der Waals surface area contributed by atoms with E-state index in [0.29, 0.717) is 11.3 Å². The molecule has 5 nitrogen and oxygen atoms in total. The molecule has 0 aliphatic rings. The lowest BCUT2D eigenvalue weighted by Gasteiger charge is -2.06. The van der Waals surface area contributed by atoms with E-state index in [1.54, 1.807) is 19.1 Å². The van der Waals surface area contributed by atoms with E-state index >= 15 is 0 Å². The van der Waals surface area contributed by atoms with Crippen molar-refractivity contribution in [2.45, 2.75) is 13.8 Å². The van der Waals surface area contributed by atoms with Crippen LogP contribution < -0.4 is 5.32 Å². The van der Waals surface area contributed by atoms with Crippen molar-refractivity contribution >= 4 is 28.3 Å². The van der Waals surface area contributed by atoms with Gasteiger partial charge in [-0.1, -0.05) is 36.4 Å². The molecule has 118 valence electrons. The molecule has 1 aromatic heterocycles. The van der Waals surface area contributed by atoms with E-state index in [9.17, 15) is 14.9 Å². The normalized spacial score (nSPS) is 10.4. The SMILES string of the molecule is CC(=O)c1c(C)oc(NC(=O)c2cccc3ccccc23)c1C#N. The summed E-state index contributed by atoms with van der Waals surface area (Å²) in [5, 5.41) is 13.6. The number of rotatable bonds is 3. The molecule has 0 spiro atoms. The maximum Gasteiger partial charge on any atom is 0.258 e. The van der Waals surface area contributed by atoms with Gasteiger partial charge in [-0.15, -0.1) is 0 Å². The molecule has 1 amide bonds. The monoisotopic (exact) mass is 318 g/mol. The van der Waals surface area contributed by atoms with Crippen molar-refractivity contribution in [3.8, 4) is 6.07 Å². The average molecular weight is 318 g/mol. The van der Waals surface area contributed by atoms with Crippen LogP contribution in [-0.4, -0.2) is 11.7 Å². The van der Waals surface area contributed by atoms with Crippen molar-refractivity contribution in [2.24, 2.45) is 0 Å². The van der Waals surface area contributed by atoms with Crippen LogP contribution in [-0.2, 0) is 0 Å². The lowest BCUT2D eigenvalue weighted by atomic mass is 10.0. The Morgan fingerprint density at radius 3 is 2.54 bits per heavy atom. The first-order valence-corrected chi connectivity index (χ1v) is 7.36. The fourth-order valence-electron chi connectivity index (χ4n) is 2.76. The second kappa shape index (κ2) is 6.01. The summed E-state index contributed by atoms with van der Waals surface area (Å²) in [6.07, 6.45) is 0. The standard InChI is InChI=1S/C19H14N2O3/c1-11(22)17-12(2)24-19(16(17)10-20)21-18(23)15-9-5-7-13-6-3-4-8-14(13)15/h3-9H,1-2H3,(H,21,23). The molecule has 0 atom stereocenters. The third kappa shape index (κ3) is 2.55. The number of ketones is 1. The topological polar surface area (TPSA) is 83.1 Å². The Kier molecular flexibility index (Phi) is 3.88. The van der Waals surface area contributed by atoms with Crippen molar-refractivity contribution in [3.63, 3.8) is 0 Å². The Balaban J connectivity index is 2.03. The van der Waals surface area contributed by atoms with Gasteiger partial charge in [0.25, 0.3) is 5.91 Å². The van der Waals surface area contributed by atoms with E-state index in [2.05, 4.69) is 5.32 Å². The highest BCUT2D eigenvalue weighted by molar-refractivity contribution is 6.13. The first-order chi connectivity index (χ1) is 11.5. The highest BCUT2D eigenvalue weighted by atomic mass is 16.4. The highest BCUT2D eigenvalue weighted by Gasteiger charge is 2.23. The first-order valence-electron chi connectivity index (χ1n) is 7.36. The molecule has 1 heterocycles. The Hall–Kier alpha value is -3.39. The molecule has 0 aliphatic carbocycles. The van der Waals surface area contributed by atoms with Gasteiger partial charge in [0.15, 0.2) is 5.78 Å². The minimum atomic E-state index is -0.396. The Labute approximate surface area is 138 Å². The van der Waals surface area contributed by atoms with Gasteiger partial charge < -0.3 is 4.42 Å². The van der Waals surface area contributed by atoms with Crippen molar-refractivity contribution in [3.05, 3.63) is 64.9 Å².